The van der Waals surface area contributed by atoms with E-state index in [2.05, 4.69) is 0 Å². The molecule has 0 radical (unpaired) electrons. The van der Waals surface area contributed by atoms with Crippen LogP contribution in [0.1, 0.15) is 55.9 Å². The summed E-state index contributed by atoms with van der Waals surface area (Å²) < 4.78 is 1.63. The van der Waals surface area contributed by atoms with E-state index in [0.29, 0.717) is 10.9 Å². The van der Waals surface area contributed by atoms with Crippen LogP contribution in [0, 0.1) is 37.0 Å². The van der Waals surface area contributed by atoms with Gasteiger partial charge in [-0.1, -0.05) is 11.8 Å². The standard InChI is InChI=1S/C22H28N2O2S2/c1-11-12(2)27-19-17(11)20(26)24(4)21(23-19)28-13(3)18(25)22-8-14-5-15(9-22)7-16(6-14)10-22/h13-16H,5-10H2,1-4H3. The van der Waals surface area contributed by atoms with Gasteiger partial charge in [-0.15, -0.1) is 11.3 Å². The van der Waals surface area contributed by atoms with E-state index >= 15 is 0 Å². The molecule has 0 N–H and O–H groups in total. The highest BCUT2D eigenvalue weighted by Gasteiger charge is 2.55. The summed E-state index contributed by atoms with van der Waals surface area (Å²) in [6.45, 7) is 6.04. The molecule has 0 amide bonds. The lowest BCUT2D eigenvalue weighted by atomic mass is 9.48. The van der Waals surface area contributed by atoms with E-state index < -0.39 is 0 Å². The maximum atomic E-state index is 13.6. The van der Waals surface area contributed by atoms with E-state index in [1.54, 1.807) is 23.0 Å². The normalized spacial score (nSPS) is 32.2. The lowest BCUT2D eigenvalue weighted by Gasteiger charge is -2.56. The van der Waals surface area contributed by atoms with Gasteiger partial charge in [0.1, 0.15) is 4.83 Å². The fourth-order valence-corrected chi connectivity index (χ4v) is 8.65. The predicted molar refractivity (Wildman–Crippen MR) is 115 cm³/mol. The smallest absolute Gasteiger partial charge is 0.262 e. The van der Waals surface area contributed by atoms with Crippen molar-refractivity contribution >= 4 is 39.1 Å². The molecule has 2 aromatic rings. The van der Waals surface area contributed by atoms with Gasteiger partial charge in [0.15, 0.2) is 10.9 Å². The molecular weight excluding hydrogens is 388 g/mol. The monoisotopic (exact) mass is 416 g/mol. The van der Waals surface area contributed by atoms with Gasteiger partial charge in [-0.2, -0.15) is 0 Å². The van der Waals surface area contributed by atoms with Crippen LogP contribution in [0.25, 0.3) is 10.2 Å². The number of thiophene rings is 1. The molecule has 4 fully saturated rings. The molecule has 4 nitrogen and oxygen atoms in total. The quantitative estimate of drug-likeness (QED) is 0.527. The minimum absolute atomic E-state index is 0.00352. The Balaban J connectivity index is 1.44. The number of hydrogen-bond donors (Lipinski definition) is 0. The maximum Gasteiger partial charge on any atom is 0.262 e. The minimum atomic E-state index is -0.158. The highest BCUT2D eigenvalue weighted by molar-refractivity contribution is 8.00. The van der Waals surface area contributed by atoms with E-state index in [0.717, 1.165) is 57.7 Å². The Kier molecular flexibility index (Phi) is 4.33. The fourth-order valence-electron chi connectivity index (χ4n) is 6.52. The largest absolute Gasteiger partial charge is 0.298 e. The van der Waals surface area contributed by atoms with Crippen LogP contribution >= 0.6 is 23.1 Å². The van der Waals surface area contributed by atoms with Crippen LogP contribution in [0.3, 0.4) is 0 Å². The van der Waals surface area contributed by atoms with Crippen molar-refractivity contribution in [3.05, 3.63) is 20.8 Å². The van der Waals surface area contributed by atoms with Crippen LogP contribution in [0.2, 0.25) is 0 Å². The molecule has 4 aliphatic rings. The van der Waals surface area contributed by atoms with Gasteiger partial charge in [-0.25, -0.2) is 4.98 Å². The van der Waals surface area contributed by atoms with Gasteiger partial charge >= 0.3 is 0 Å². The van der Waals surface area contributed by atoms with Gasteiger partial charge in [0.05, 0.1) is 10.6 Å². The average molecular weight is 417 g/mol. The first-order valence-corrected chi connectivity index (χ1v) is 12.1. The van der Waals surface area contributed by atoms with Crippen molar-refractivity contribution in [2.45, 2.75) is 69.7 Å². The van der Waals surface area contributed by atoms with Gasteiger partial charge in [0.25, 0.3) is 5.56 Å². The number of aromatic nitrogens is 2. The van der Waals surface area contributed by atoms with Crippen molar-refractivity contribution in [1.82, 2.24) is 9.55 Å². The van der Waals surface area contributed by atoms with Crippen LogP contribution in [0.5, 0.6) is 0 Å². The molecule has 28 heavy (non-hydrogen) atoms. The Morgan fingerprint density at radius 3 is 2.32 bits per heavy atom. The predicted octanol–water partition coefficient (Wildman–Crippen LogP) is 4.88. The topological polar surface area (TPSA) is 52.0 Å². The first-order chi connectivity index (χ1) is 13.3. The van der Waals surface area contributed by atoms with Crippen molar-refractivity contribution in [3.8, 4) is 0 Å². The summed E-state index contributed by atoms with van der Waals surface area (Å²) in [5, 5.41) is 1.24. The minimum Gasteiger partial charge on any atom is -0.298 e. The number of hydrogen-bond acceptors (Lipinski definition) is 5. The lowest BCUT2D eigenvalue weighted by molar-refractivity contribution is -0.142. The summed E-state index contributed by atoms with van der Waals surface area (Å²) in [4.78, 5) is 33.2. The number of aryl methyl sites for hydroxylation is 2. The second-order valence-electron chi connectivity index (χ2n) is 9.54. The highest BCUT2D eigenvalue weighted by Crippen LogP contribution is 2.61. The van der Waals surface area contributed by atoms with Crippen molar-refractivity contribution in [2.75, 3.05) is 0 Å². The second kappa shape index (κ2) is 6.43. The zero-order chi connectivity index (χ0) is 19.8. The van der Waals surface area contributed by atoms with Crippen LogP contribution in [-0.2, 0) is 11.8 Å². The molecule has 2 heterocycles. The Hall–Kier alpha value is -1.14. The SMILES string of the molecule is Cc1sc2nc(SC(C)C(=O)C34CC5CC(CC(C5)C3)C4)n(C)c(=O)c2c1C. The molecule has 0 aromatic carbocycles. The first kappa shape index (κ1) is 18.9. The van der Waals surface area contributed by atoms with E-state index in [4.69, 9.17) is 4.98 Å². The van der Waals surface area contributed by atoms with Gasteiger partial charge in [0.2, 0.25) is 0 Å². The molecule has 2 aromatic heterocycles. The van der Waals surface area contributed by atoms with Crippen LogP contribution in [0.15, 0.2) is 9.95 Å². The first-order valence-electron chi connectivity index (χ1n) is 10.4. The molecule has 4 bridgehead atoms. The molecule has 0 saturated heterocycles. The molecule has 1 unspecified atom stereocenters. The molecule has 1 atom stereocenters. The molecule has 4 saturated carbocycles. The van der Waals surface area contributed by atoms with Crippen LogP contribution in [0.4, 0.5) is 0 Å². The number of fused-ring (bicyclic) bond motifs is 1. The summed E-state index contributed by atoms with van der Waals surface area (Å²) in [5.74, 6) is 2.71. The number of thioether (sulfide) groups is 1. The third kappa shape index (κ3) is 2.74. The summed E-state index contributed by atoms with van der Waals surface area (Å²) in [7, 11) is 1.78. The van der Waals surface area contributed by atoms with E-state index in [9.17, 15) is 9.59 Å². The summed E-state index contributed by atoms with van der Waals surface area (Å²) in [5.41, 5.74) is 0.936. The zero-order valence-corrected chi connectivity index (χ0v) is 18.7. The number of rotatable bonds is 4. The molecule has 0 spiro atoms. The zero-order valence-electron chi connectivity index (χ0n) is 17.1. The number of carbonyl (C=O) groups excluding carboxylic acids is 1. The van der Waals surface area contributed by atoms with E-state index in [1.165, 1.54) is 31.0 Å². The van der Waals surface area contributed by atoms with Crippen LogP contribution in [-0.4, -0.2) is 20.6 Å². The summed E-state index contributed by atoms with van der Waals surface area (Å²) in [6, 6.07) is 0. The van der Waals surface area contributed by atoms with E-state index in [-0.39, 0.29) is 16.2 Å². The molecule has 4 aliphatic carbocycles. The van der Waals surface area contributed by atoms with Gasteiger partial charge in [0, 0.05) is 17.3 Å². The van der Waals surface area contributed by atoms with Crippen molar-refractivity contribution in [3.63, 3.8) is 0 Å². The average Bonchev–Trinajstić information content (AvgIpc) is 2.91. The van der Waals surface area contributed by atoms with Gasteiger partial charge < -0.3 is 0 Å². The molecule has 0 aliphatic heterocycles. The Labute approximate surface area is 174 Å². The van der Waals surface area contributed by atoms with Crippen LogP contribution < -0.4 is 5.56 Å². The Morgan fingerprint density at radius 2 is 1.75 bits per heavy atom. The molecular formula is C22H28N2O2S2. The fraction of sp³-hybridized carbons (Fsp3) is 0.682. The van der Waals surface area contributed by atoms with E-state index in [1.807, 2.05) is 20.8 Å². The Morgan fingerprint density at radius 1 is 1.18 bits per heavy atom. The summed E-state index contributed by atoms with van der Waals surface area (Å²) in [6.07, 6.45) is 7.32. The Bertz CT molecular complexity index is 1000. The number of ketones is 1. The second-order valence-corrected chi connectivity index (χ2v) is 12.1. The molecule has 6 rings (SSSR count). The van der Waals surface area contributed by atoms with Gasteiger partial charge in [-0.05, 0) is 82.6 Å². The number of Topliss-reactive ketones (excluding diaryl/α,β-unsaturated/α-hetero) is 1. The highest BCUT2D eigenvalue weighted by atomic mass is 32.2. The number of nitrogens with zero attached hydrogens (tertiary/aromatic N) is 2. The third-order valence-electron chi connectivity index (χ3n) is 7.58. The van der Waals surface area contributed by atoms with Crippen molar-refractivity contribution < 1.29 is 4.79 Å². The van der Waals surface area contributed by atoms with Gasteiger partial charge in [-0.3, -0.25) is 14.2 Å². The number of carbonyl (C=O) groups is 1. The maximum absolute atomic E-state index is 13.6. The molecule has 6 heteroatoms. The van der Waals surface area contributed by atoms with Crippen molar-refractivity contribution in [1.29, 1.82) is 0 Å². The molecule has 150 valence electrons. The summed E-state index contributed by atoms with van der Waals surface area (Å²) >= 11 is 3.06. The van der Waals surface area contributed by atoms with Crippen molar-refractivity contribution in [2.24, 2.45) is 30.2 Å². The lowest BCUT2D eigenvalue weighted by Crippen LogP contribution is -2.51. The third-order valence-corrected chi connectivity index (χ3v) is 9.83.